The van der Waals surface area contributed by atoms with Gasteiger partial charge in [-0.15, -0.1) is 0 Å². The standard InChI is InChI=1S/C25H22ClN3O5/c1-33-25(32)18-4-2-3-5-21(18)29-13-16(12-22(29)30)24(31)28-11-10-20-19(14-28)23(34-27-20)15-6-8-17(26)9-7-15/h2-9,16H,10-14H2,1H3. The van der Waals surface area contributed by atoms with E-state index in [1.807, 2.05) is 12.1 Å². The van der Waals surface area contributed by atoms with Crippen molar-refractivity contribution in [2.75, 3.05) is 25.1 Å². The summed E-state index contributed by atoms with van der Waals surface area (Å²) in [6.07, 6.45) is 0.666. The molecule has 9 heteroatoms. The minimum absolute atomic E-state index is 0.0887. The number of aromatic nitrogens is 1. The predicted molar refractivity (Wildman–Crippen MR) is 124 cm³/mol. The summed E-state index contributed by atoms with van der Waals surface area (Å²) in [6.45, 7) is 1.07. The fourth-order valence-electron chi connectivity index (χ4n) is 4.58. The van der Waals surface area contributed by atoms with Gasteiger partial charge in [0.2, 0.25) is 11.8 Å². The van der Waals surface area contributed by atoms with Gasteiger partial charge in [0.1, 0.15) is 0 Å². The molecule has 0 N–H and O–H groups in total. The Bertz CT molecular complexity index is 1270. The lowest BCUT2D eigenvalue weighted by Gasteiger charge is -2.28. The average Bonchev–Trinajstić information content (AvgIpc) is 3.46. The van der Waals surface area contributed by atoms with Crippen LogP contribution in [-0.4, -0.2) is 48.0 Å². The predicted octanol–water partition coefficient (Wildman–Crippen LogP) is 3.72. The van der Waals surface area contributed by atoms with E-state index in [1.54, 1.807) is 41.3 Å². The van der Waals surface area contributed by atoms with Crippen molar-refractivity contribution >= 4 is 35.1 Å². The first kappa shape index (κ1) is 22.2. The van der Waals surface area contributed by atoms with Crippen molar-refractivity contribution in [3.05, 3.63) is 70.4 Å². The molecule has 1 fully saturated rings. The lowest BCUT2D eigenvalue weighted by atomic mass is 9.99. The van der Waals surface area contributed by atoms with Gasteiger partial charge in [0.25, 0.3) is 0 Å². The molecule has 5 rings (SSSR count). The van der Waals surface area contributed by atoms with E-state index in [1.165, 1.54) is 12.0 Å². The maximum absolute atomic E-state index is 13.4. The Kier molecular flexibility index (Phi) is 5.83. The first-order valence-electron chi connectivity index (χ1n) is 11.0. The number of ether oxygens (including phenoxy) is 1. The second kappa shape index (κ2) is 8.95. The van der Waals surface area contributed by atoms with E-state index < -0.39 is 11.9 Å². The smallest absolute Gasteiger partial charge is 0.339 e. The summed E-state index contributed by atoms with van der Waals surface area (Å²) in [5.41, 5.74) is 3.31. The third-order valence-electron chi connectivity index (χ3n) is 6.33. The molecule has 2 amide bonds. The second-order valence-corrected chi connectivity index (χ2v) is 8.80. The average molecular weight is 480 g/mol. The van der Waals surface area contributed by atoms with E-state index in [2.05, 4.69) is 5.16 Å². The number of halogens is 1. The van der Waals surface area contributed by atoms with Crippen LogP contribution in [0.3, 0.4) is 0 Å². The Morgan fingerprint density at radius 3 is 2.68 bits per heavy atom. The molecule has 1 unspecified atom stereocenters. The highest BCUT2D eigenvalue weighted by Gasteiger charge is 2.39. The van der Waals surface area contributed by atoms with Gasteiger partial charge in [-0.1, -0.05) is 28.9 Å². The quantitative estimate of drug-likeness (QED) is 0.529. The van der Waals surface area contributed by atoms with Crippen LogP contribution in [0.25, 0.3) is 11.3 Å². The molecule has 0 saturated carbocycles. The Hall–Kier alpha value is -3.65. The summed E-state index contributed by atoms with van der Waals surface area (Å²) in [6, 6.07) is 14.0. The summed E-state index contributed by atoms with van der Waals surface area (Å²) in [4.78, 5) is 41.7. The minimum atomic E-state index is -0.524. The van der Waals surface area contributed by atoms with E-state index in [0.717, 1.165) is 16.8 Å². The van der Waals surface area contributed by atoms with E-state index in [4.69, 9.17) is 20.9 Å². The third-order valence-corrected chi connectivity index (χ3v) is 6.58. The number of esters is 1. The molecular weight excluding hydrogens is 458 g/mol. The monoisotopic (exact) mass is 479 g/mol. The fourth-order valence-corrected chi connectivity index (χ4v) is 4.71. The number of hydrogen-bond donors (Lipinski definition) is 0. The Morgan fingerprint density at radius 1 is 1.15 bits per heavy atom. The maximum Gasteiger partial charge on any atom is 0.339 e. The Labute approximate surface area is 201 Å². The van der Waals surface area contributed by atoms with Crippen LogP contribution in [0.1, 0.15) is 28.0 Å². The molecule has 1 aromatic heterocycles. The van der Waals surface area contributed by atoms with Crippen LogP contribution in [-0.2, 0) is 27.3 Å². The van der Waals surface area contributed by atoms with Gasteiger partial charge in [-0.05, 0) is 36.4 Å². The molecule has 0 aliphatic carbocycles. The van der Waals surface area contributed by atoms with Gasteiger partial charge in [0.15, 0.2) is 5.76 Å². The molecule has 174 valence electrons. The number of rotatable bonds is 4. The molecule has 3 aromatic rings. The molecule has 3 heterocycles. The van der Waals surface area contributed by atoms with Crippen molar-refractivity contribution in [2.24, 2.45) is 5.92 Å². The van der Waals surface area contributed by atoms with Crippen LogP contribution in [0.5, 0.6) is 0 Å². The highest BCUT2D eigenvalue weighted by molar-refractivity contribution is 6.30. The maximum atomic E-state index is 13.4. The number of amides is 2. The molecule has 1 saturated heterocycles. The van der Waals surface area contributed by atoms with Gasteiger partial charge in [-0.3, -0.25) is 9.59 Å². The summed E-state index contributed by atoms with van der Waals surface area (Å²) in [7, 11) is 1.30. The normalized spacial score (nSPS) is 17.6. The van der Waals surface area contributed by atoms with Crippen molar-refractivity contribution in [1.29, 1.82) is 0 Å². The molecule has 1 atom stereocenters. The highest BCUT2D eigenvalue weighted by Crippen LogP contribution is 2.34. The molecule has 0 bridgehead atoms. The number of nitrogens with zero attached hydrogens (tertiary/aromatic N) is 3. The van der Waals surface area contributed by atoms with Crippen molar-refractivity contribution in [3.63, 3.8) is 0 Å². The van der Waals surface area contributed by atoms with E-state index in [9.17, 15) is 14.4 Å². The number of hydrogen-bond acceptors (Lipinski definition) is 6. The zero-order valence-electron chi connectivity index (χ0n) is 18.5. The second-order valence-electron chi connectivity index (χ2n) is 8.37. The topological polar surface area (TPSA) is 92.9 Å². The zero-order chi connectivity index (χ0) is 23.8. The van der Waals surface area contributed by atoms with Crippen molar-refractivity contribution in [1.82, 2.24) is 10.1 Å². The lowest BCUT2D eigenvalue weighted by Crippen LogP contribution is -2.40. The van der Waals surface area contributed by atoms with E-state index >= 15 is 0 Å². The number of carbonyl (C=O) groups is 3. The largest absolute Gasteiger partial charge is 0.465 e. The van der Waals surface area contributed by atoms with Crippen LogP contribution < -0.4 is 4.90 Å². The molecule has 34 heavy (non-hydrogen) atoms. The highest BCUT2D eigenvalue weighted by atomic mass is 35.5. The summed E-state index contributed by atoms with van der Waals surface area (Å²) in [5, 5.41) is 4.82. The molecule has 0 spiro atoms. The van der Waals surface area contributed by atoms with Gasteiger partial charge >= 0.3 is 5.97 Å². The molecule has 2 aromatic carbocycles. The van der Waals surface area contributed by atoms with Crippen LogP contribution in [0.15, 0.2) is 53.1 Å². The fraction of sp³-hybridized carbons (Fsp3) is 0.280. The third kappa shape index (κ3) is 3.94. The SMILES string of the molecule is COC(=O)c1ccccc1N1CC(C(=O)N2CCc3noc(-c4ccc(Cl)cc4)c3C2)CC1=O. The van der Waals surface area contributed by atoms with Gasteiger partial charge in [0.05, 0.1) is 36.5 Å². The summed E-state index contributed by atoms with van der Waals surface area (Å²) in [5.74, 6) is -0.692. The van der Waals surface area contributed by atoms with Gasteiger partial charge in [-0.25, -0.2) is 4.79 Å². The summed E-state index contributed by atoms with van der Waals surface area (Å²) >= 11 is 6.00. The molecular formula is C25H22ClN3O5. The van der Waals surface area contributed by atoms with Gasteiger partial charge < -0.3 is 19.1 Å². The number of benzene rings is 2. The molecule has 0 radical (unpaired) electrons. The summed E-state index contributed by atoms with van der Waals surface area (Å²) < 4.78 is 10.4. The van der Waals surface area contributed by atoms with Crippen molar-refractivity contribution in [2.45, 2.75) is 19.4 Å². The van der Waals surface area contributed by atoms with E-state index in [-0.39, 0.29) is 24.8 Å². The molecule has 2 aliphatic rings. The molecule has 2 aliphatic heterocycles. The van der Waals surface area contributed by atoms with Crippen LogP contribution in [0, 0.1) is 5.92 Å². The first-order valence-corrected chi connectivity index (χ1v) is 11.3. The Balaban J connectivity index is 1.35. The number of para-hydroxylation sites is 1. The van der Waals surface area contributed by atoms with Crippen molar-refractivity contribution < 1.29 is 23.6 Å². The van der Waals surface area contributed by atoms with Gasteiger partial charge in [0, 0.05) is 42.1 Å². The number of methoxy groups -OCH3 is 1. The number of anilines is 1. The van der Waals surface area contributed by atoms with Crippen molar-refractivity contribution in [3.8, 4) is 11.3 Å². The van der Waals surface area contributed by atoms with E-state index in [0.29, 0.717) is 41.5 Å². The first-order chi connectivity index (χ1) is 16.5. The van der Waals surface area contributed by atoms with Crippen LogP contribution >= 0.6 is 11.6 Å². The van der Waals surface area contributed by atoms with Crippen LogP contribution in [0.2, 0.25) is 5.02 Å². The zero-order valence-corrected chi connectivity index (χ0v) is 19.2. The minimum Gasteiger partial charge on any atom is -0.465 e. The number of carbonyl (C=O) groups excluding carboxylic acids is 3. The number of fused-ring (bicyclic) bond motifs is 1. The Morgan fingerprint density at radius 2 is 1.91 bits per heavy atom. The molecule has 8 nitrogen and oxygen atoms in total. The van der Waals surface area contributed by atoms with Crippen LogP contribution in [0.4, 0.5) is 5.69 Å². The van der Waals surface area contributed by atoms with Gasteiger partial charge in [-0.2, -0.15) is 0 Å². The lowest BCUT2D eigenvalue weighted by molar-refractivity contribution is -0.136.